The van der Waals surface area contributed by atoms with E-state index in [4.69, 9.17) is 10.00 Å². The lowest BCUT2D eigenvalue weighted by molar-refractivity contribution is 0.101. The Morgan fingerprint density at radius 1 is 1.85 bits per heavy atom. The van der Waals surface area contributed by atoms with Gasteiger partial charge in [0.05, 0.1) is 19.2 Å². The molecule has 0 spiro atoms. The average Bonchev–Trinajstić information content (AvgIpc) is 2.62. The number of aromatic nitrogens is 1. The van der Waals surface area contributed by atoms with Crippen LogP contribution in [0.3, 0.4) is 0 Å². The molecule has 0 N–H and O–H groups in total. The number of carbonyl (C=O) groups excluding carboxylic acids is 1. The van der Waals surface area contributed by atoms with Crippen LogP contribution in [0.5, 0.6) is 5.88 Å². The van der Waals surface area contributed by atoms with E-state index >= 15 is 0 Å². The molecular formula is C8H6N2O3. The van der Waals surface area contributed by atoms with E-state index in [9.17, 15) is 4.79 Å². The summed E-state index contributed by atoms with van der Waals surface area (Å²) < 4.78 is 9.33. The number of carbonyl (C=O) groups is 1. The molecule has 0 aliphatic carbocycles. The van der Waals surface area contributed by atoms with Gasteiger partial charge in [0.1, 0.15) is 0 Å². The van der Waals surface area contributed by atoms with Crippen LogP contribution in [0.25, 0.3) is 0 Å². The quantitative estimate of drug-likeness (QED) is 0.391. The minimum Gasteiger partial charge on any atom is -0.479 e. The second-order valence-corrected chi connectivity index (χ2v) is 2.06. The number of hydrogen-bond acceptors (Lipinski definition) is 5. The molecule has 0 radical (unpaired) electrons. The minimum atomic E-state index is -0.419. The van der Waals surface area contributed by atoms with Gasteiger partial charge in [-0.3, -0.25) is 4.79 Å². The fourth-order valence-corrected chi connectivity index (χ4v) is 0.666. The highest BCUT2D eigenvalue weighted by Gasteiger charge is 2.09. The van der Waals surface area contributed by atoms with Gasteiger partial charge in [-0.05, 0) is 11.2 Å². The number of nitrogens with zero attached hydrogens (tertiary/aromatic N) is 2. The van der Waals surface area contributed by atoms with Crippen LogP contribution in [0.4, 0.5) is 0 Å². The number of nitriles is 1. The molecule has 0 saturated carbocycles. The molecule has 66 valence electrons. The summed E-state index contributed by atoms with van der Waals surface area (Å²) in [6, 6.07) is 3.05. The van der Waals surface area contributed by atoms with Gasteiger partial charge in [-0.15, -0.1) is 0 Å². The summed E-state index contributed by atoms with van der Waals surface area (Å²) in [7, 11) is 1.41. The molecule has 0 amide bonds. The van der Waals surface area contributed by atoms with Gasteiger partial charge in [0.25, 0.3) is 5.88 Å². The van der Waals surface area contributed by atoms with Crippen LogP contribution in [0.2, 0.25) is 0 Å². The van der Waals surface area contributed by atoms with E-state index in [1.807, 2.05) is 0 Å². The molecule has 0 aliphatic rings. The van der Waals surface area contributed by atoms with Crippen LogP contribution >= 0.6 is 0 Å². The van der Waals surface area contributed by atoms with Crippen molar-refractivity contribution >= 4 is 5.78 Å². The van der Waals surface area contributed by atoms with Crippen LogP contribution in [-0.4, -0.2) is 18.0 Å². The smallest absolute Gasteiger partial charge is 0.254 e. The van der Waals surface area contributed by atoms with Crippen molar-refractivity contribution in [1.29, 1.82) is 5.26 Å². The Labute approximate surface area is 74.2 Å². The van der Waals surface area contributed by atoms with Gasteiger partial charge in [-0.2, -0.15) is 5.26 Å². The number of ether oxygens (including phenoxy) is 1. The van der Waals surface area contributed by atoms with Crippen molar-refractivity contribution in [2.24, 2.45) is 0 Å². The van der Waals surface area contributed by atoms with Gasteiger partial charge in [-0.1, -0.05) is 0 Å². The maximum atomic E-state index is 11.1. The van der Waals surface area contributed by atoms with Crippen LogP contribution in [0.15, 0.2) is 22.7 Å². The zero-order valence-corrected chi connectivity index (χ0v) is 6.85. The van der Waals surface area contributed by atoms with Crippen molar-refractivity contribution in [2.75, 3.05) is 7.11 Å². The standard InChI is InChI=1S/C8H6N2O3/c1-12-8-5-7(13-10-8)6(11)3-2-4-9/h2-3,5H,1H3. The van der Waals surface area contributed by atoms with Crippen LogP contribution < -0.4 is 4.74 Å². The normalized spacial score (nSPS) is 9.85. The third kappa shape index (κ3) is 2.17. The average molecular weight is 178 g/mol. The highest BCUT2D eigenvalue weighted by molar-refractivity contribution is 6.02. The Balaban J connectivity index is 2.78. The predicted octanol–water partition coefficient (Wildman–Crippen LogP) is 0.946. The number of allylic oxidation sites excluding steroid dienone is 2. The Bertz CT molecular complexity index is 373. The molecule has 1 aromatic heterocycles. The molecule has 5 nitrogen and oxygen atoms in total. The Kier molecular flexibility index (Phi) is 2.82. The van der Waals surface area contributed by atoms with E-state index in [1.165, 1.54) is 13.2 Å². The van der Waals surface area contributed by atoms with Crippen molar-refractivity contribution in [3.05, 3.63) is 24.0 Å². The van der Waals surface area contributed by atoms with Crippen LogP contribution in [0.1, 0.15) is 10.6 Å². The van der Waals surface area contributed by atoms with Gasteiger partial charge >= 0.3 is 0 Å². The molecule has 0 bridgehead atoms. The number of ketones is 1. The summed E-state index contributed by atoms with van der Waals surface area (Å²) in [6.45, 7) is 0. The molecule has 0 aromatic carbocycles. The lowest BCUT2D eigenvalue weighted by Gasteiger charge is -1.84. The molecule has 5 heteroatoms. The fourth-order valence-electron chi connectivity index (χ4n) is 0.666. The maximum Gasteiger partial charge on any atom is 0.254 e. The van der Waals surface area contributed by atoms with Crippen molar-refractivity contribution in [2.45, 2.75) is 0 Å². The molecule has 1 aromatic rings. The topological polar surface area (TPSA) is 76.1 Å². The lowest BCUT2D eigenvalue weighted by Crippen LogP contribution is -1.90. The molecule has 0 aliphatic heterocycles. The molecule has 0 fully saturated rings. The molecule has 0 saturated heterocycles. The van der Waals surface area contributed by atoms with E-state index in [2.05, 4.69) is 9.68 Å². The second-order valence-electron chi connectivity index (χ2n) is 2.06. The Hall–Kier alpha value is -2.09. The number of methoxy groups -OCH3 is 1. The number of rotatable bonds is 3. The zero-order chi connectivity index (χ0) is 9.68. The summed E-state index contributed by atoms with van der Waals surface area (Å²) in [5.74, 6) is -0.144. The molecule has 13 heavy (non-hydrogen) atoms. The van der Waals surface area contributed by atoms with Gasteiger partial charge in [0.15, 0.2) is 0 Å². The first-order chi connectivity index (χ1) is 6.27. The van der Waals surface area contributed by atoms with E-state index in [-0.39, 0.29) is 11.6 Å². The van der Waals surface area contributed by atoms with Gasteiger partial charge in [0, 0.05) is 6.08 Å². The predicted molar refractivity (Wildman–Crippen MR) is 42.1 cm³/mol. The SMILES string of the molecule is COc1cc(C(=O)C=CC#N)on1. The van der Waals surface area contributed by atoms with Crippen molar-refractivity contribution in [3.8, 4) is 11.9 Å². The monoisotopic (exact) mass is 178 g/mol. The maximum absolute atomic E-state index is 11.1. The molecular weight excluding hydrogens is 172 g/mol. The lowest BCUT2D eigenvalue weighted by atomic mass is 10.3. The second kappa shape index (κ2) is 4.07. The Morgan fingerprint density at radius 3 is 3.15 bits per heavy atom. The van der Waals surface area contributed by atoms with E-state index < -0.39 is 5.78 Å². The molecule has 1 heterocycles. The third-order valence-electron chi connectivity index (χ3n) is 1.25. The molecule has 0 atom stereocenters. The molecule has 0 unspecified atom stereocenters. The van der Waals surface area contributed by atoms with Gasteiger partial charge in [0.2, 0.25) is 11.5 Å². The summed E-state index contributed by atoms with van der Waals surface area (Å²) in [6.07, 6.45) is 2.16. The van der Waals surface area contributed by atoms with Crippen LogP contribution in [0, 0.1) is 11.3 Å². The summed E-state index contributed by atoms with van der Waals surface area (Å²) in [4.78, 5) is 11.1. The van der Waals surface area contributed by atoms with Gasteiger partial charge in [-0.25, -0.2) is 0 Å². The molecule has 1 rings (SSSR count). The van der Waals surface area contributed by atoms with E-state index in [0.717, 1.165) is 12.2 Å². The highest BCUT2D eigenvalue weighted by atomic mass is 16.5. The van der Waals surface area contributed by atoms with Crippen molar-refractivity contribution in [1.82, 2.24) is 5.16 Å². The van der Waals surface area contributed by atoms with E-state index in [0.29, 0.717) is 0 Å². The first-order valence-electron chi connectivity index (χ1n) is 3.39. The Morgan fingerprint density at radius 2 is 2.62 bits per heavy atom. The zero-order valence-electron chi connectivity index (χ0n) is 6.85. The summed E-state index contributed by atoms with van der Waals surface area (Å²) in [5, 5.41) is 11.6. The fraction of sp³-hybridized carbons (Fsp3) is 0.125. The van der Waals surface area contributed by atoms with Crippen LogP contribution in [-0.2, 0) is 0 Å². The van der Waals surface area contributed by atoms with E-state index in [1.54, 1.807) is 6.07 Å². The first kappa shape index (κ1) is 9.00. The minimum absolute atomic E-state index is 0.0448. The first-order valence-corrected chi connectivity index (χ1v) is 3.39. The largest absolute Gasteiger partial charge is 0.479 e. The van der Waals surface area contributed by atoms with Crippen molar-refractivity contribution < 1.29 is 14.1 Å². The van der Waals surface area contributed by atoms with Gasteiger partial charge < -0.3 is 9.26 Å². The third-order valence-corrected chi connectivity index (χ3v) is 1.25. The van der Waals surface area contributed by atoms with Crippen molar-refractivity contribution in [3.63, 3.8) is 0 Å². The number of hydrogen-bond donors (Lipinski definition) is 0. The highest BCUT2D eigenvalue weighted by Crippen LogP contribution is 2.11. The summed E-state index contributed by atoms with van der Waals surface area (Å²) in [5.41, 5.74) is 0. The summed E-state index contributed by atoms with van der Waals surface area (Å²) >= 11 is 0.